The van der Waals surface area contributed by atoms with E-state index in [1.165, 1.54) is 28.9 Å². The van der Waals surface area contributed by atoms with Crippen LogP contribution in [0.1, 0.15) is 98.1 Å². The maximum absolute atomic E-state index is 13.0. The monoisotopic (exact) mass is 488 g/mol. The number of hydrogen-bond acceptors (Lipinski definition) is 9. The molecule has 1 aliphatic heterocycles. The highest BCUT2D eigenvalue weighted by atomic mass is 32.1. The van der Waals surface area contributed by atoms with Crippen molar-refractivity contribution in [3.05, 3.63) is 49.5 Å². The van der Waals surface area contributed by atoms with Crippen molar-refractivity contribution in [2.75, 3.05) is 0 Å². The van der Waals surface area contributed by atoms with Crippen molar-refractivity contribution in [2.45, 2.75) is 52.7 Å². The zero-order valence-corrected chi connectivity index (χ0v) is 20.4. The molecule has 0 fully saturated rings. The molecule has 0 aliphatic carbocycles. The molecule has 0 saturated heterocycles. The largest absolute Gasteiger partial charge is 0.443 e. The number of fused-ring (bicyclic) bond motifs is 6. The molecular weight excluding hydrogens is 464 g/mol. The second-order valence-electron chi connectivity index (χ2n) is 8.18. The van der Waals surface area contributed by atoms with E-state index in [9.17, 15) is 14.4 Å². The first-order valence-electron chi connectivity index (χ1n) is 10.4. The third-order valence-electron chi connectivity index (χ3n) is 5.19. The number of oxazole rings is 1. The third-order valence-corrected chi connectivity index (χ3v) is 7.29. The number of hydrogen-bond donors (Lipinski definition) is 3. The Balaban J connectivity index is 1.75. The van der Waals surface area contributed by atoms with Crippen molar-refractivity contribution >= 4 is 40.4 Å². The lowest BCUT2D eigenvalue weighted by molar-refractivity contribution is 0.0915. The first-order chi connectivity index (χ1) is 15.6. The molecule has 4 heterocycles. The van der Waals surface area contributed by atoms with Crippen molar-refractivity contribution in [3.63, 3.8) is 0 Å². The summed E-state index contributed by atoms with van der Waals surface area (Å²) in [6.07, 6.45) is 1.50. The molecule has 0 saturated carbocycles. The van der Waals surface area contributed by atoms with Crippen molar-refractivity contribution in [1.82, 2.24) is 30.9 Å². The van der Waals surface area contributed by atoms with Gasteiger partial charge in [-0.25, -0.2) is 15.0 Å². The predicted octanol–water partition coefficient (Wildman–Crippen LogP) is 3.32. The molecule has 3 amide bonds. The Bertz CT molecular complexity index is 1210. The van der Waals surface area contributed by atoms with E-state index in [1.54, 1.807) is 26.2 Å². The van der Waals surface area contributed by atoms with Crippen LogP contribution in [0, 0.1) is 12.8 Å². The Labute approximate surface area is 198 Å². The number of thiazole rings is 2. The van der Waals surface area contributed by atoms with E-state index < -0.39 is 29.9 Å². The topological polar surface area (TPSA) is 139 Å². The van der Waals surface area contributed by atoms with Gasteiger partial charge >= 0.3 is 0 Å². The summed E-state index contributed by atoms with van der Waals surface area (Å²) in [4.78, 5) is 52.0. The summed E-state index contributed by atoms with van der Waals surface area (Å²) >= 11 is 2.50. The van der Waals surface area contributed by atoms with Gasteiger partial charge in [0, 0.05) is 5.38 Å². The summed E-state index contributed by atoms with van der Waals surface area (Å²) in [6.45, 7) is 9.08. The fourth-order valence-corrected chi connectivity index (χ4v) is 5.18. The van der Waals surface area contributed by atoms with E-state index in [4.69, 9.17) is 4.42 Å². The lowest BCUT2D eigenvalue weighted by Gasteiger charge is -2.19. The number of carbonyl (C=O) groups is 3. The van der Waals surface area contributed by atoms with Crippen molar-refractivity contribution in [3.8, 4) is 0 Å². The number of aryl methyl sites for hydroxylation is 1. The van der Waals surface area contributed by atoms with Gasteiger partial charge in [0.25, 0.3) is 17.7 Å². The molecule has 3 aromatic heterocycles. The van der Waals surface area contributed by atoms with E-state index in [-0.39, 0.29) is 29.1 Å². The quantitative estimate of drug-likeness (QED) is 0.477. The van der Waals surface area contributed by atoms with Crippen molar-refractivity contribution in [1.29, 1.82) is 0 Å². The van der Waals surface area contributed by atoms with Crippen LogP contribution in [-0.2, 0) is 0 Å². The van der Waals surface area contributed by atoms with Crippen LogP contribution in [0.3, 0.4) is 0 Å². The standard InChI is InChI=1S/C21H24N6O4S2/c1-8(2)14-21-22-6-13(33-21)17(29)24-10(4)20-25-12(7-32-20)16(28)23-9(3)19-27-15(11(5)31-19)18(30)26-14/h6-10,14H,1-5H3,(H,23,28)(H,24,29)(H,26,30)/t9-,10-,14-/m1/s1. The molecule has 3 N–H and O–H groups in total. The van der Waals surface area contributed by atoms with Crippen molar-refractivity contribution in [2.24, 2.45) is 5.92 Å². The number of amides is 3. The summed E-state index contributed by atoms with van der Waals surface area (Å²) in [5.41, 5.74) is 0.363. The summed E-state index contributed by atoms with van der Waals surface area (Å²) < 4.78 is 5.68. The second kappa shape index (κ2) is 9.02. The van der Waals surface area contributed by atoms with Crippen LogP contribution in [-0.4, -0.2) is 32.7 Å². The average Bonchev–Trinajstić information content (AvgIpc) is 3.50. The molecule has 0 aromatic carbocycles. The molecule has 174 valence electrons. The molecule has 3 atom stereocenters. The maximum Gasteiger partial charge on any atom is 0.274 e. The highest BCUT2D eigenvalue weighted by Crippen LogP contribution is 2.28. The Morgan fingerprint density at radius 3 is 2.42 bits per heavy atom. The third kappa shape index (κ3) is 4.67. The van der Waals surface area contributed by atoms with Gasteiger partial charge in [-0.3, -0.25) is 14.4 Å². The number of aromatic nitrogens is 3. The number of nitrogens with zero attached hydrogens (tertiary/aromatic N) is 3. The minimum Gasteiger partial charge on any atom is -0.443 e. The van der Waals surface area contributed by atoms with Crippen LogP contribution >= 0.6 is 22.7 Å². The first kappa shape index (κ1) is 23.1. The van der Waals surface area contributed by atoms with Gasteiger partial charge in [0.15, 0.2) is 5.69 Å². The van der Waals surface area contributed by atoms with Gasteiger partial charge in [-0.2, -0.15) is 0 Å². The maximum atomic E-state index is 13.0. The lowest BCUT2D eigenvalue weighted by atomic mass is 10.1. The Kier molecular flexibility index (Phi) is 6.30. The molecule has 12 heteroatoms. The molecule has 0 radical (unpaired) electrons. The second-order valence-corrected chi connectivity index (χ2v) is 10.1. The number of carbonyl (C=O) groups excluding carboxylic acids is 3. The van der Waals surface area contributed by atoms with Gasteiger partial charge in [0.2, 0.25) is 5.89 Å². The highest BCUT2D eigenvalue weighted by molar-refractivity contribution is 7.13. The van der Waals surface area contributed by atoms with Crippen LogP contribution in [0.25, 0.3) is 0 Å². The predicted molar refractivity (Wildman–Crippen MR) is 122 cm³/mol. The highest BCUT2D eigenvalue weighted by Gasteiger charge is 2.28. The van der Waals surface area contributed by atoms with Gasteiger partial charge in [0.05, 0.1) is 18.3 Å². The SMILES string of the molecule is Cc1oc2nc1C(=O)N[C@H](C(C)C)c1ncc(s1)C(=O)N[C@H](C)c1nc(cs1)C(=O)N[C@@H]2C. The van der Waals surface area contributed by atoms with Crippen LogP contribution in [0.15, 0.2) is 16.0 Å². The molecule has 0 spiro atoms. The Morgan fingerprint density at radius 2 is 1.70 bits per heavy atom. The van der Waals surface area contributed by atoms with Crippen LogP contribution in [0.5, 0.6) is 0 Å². The van der Waals surface area contributed by atoms with Crippen molar-refractivity contribution < 1.29 is 18.8 Å². The summed E-state index contributed by atoms with van der Waals surface area (Å²) in [7, 11) is 0. The van der Waals surface area contributed by atoms with Crippen LogP contribution in [0.4, 0.5) is 0 Å². The molecule has 0 unspecified atom stereocenters. The van der Waals surface area contributed by atoms with E-state index in [2.05, 4.69) is 30.9 Å². The Morgan fingerprint density at radius 1 is 0.970 bits per heavy atom. The molecule has 6 bridgehead atoms. The molecule has 1 aliphatic rings. The average molecular weight is 489 g/mol. The van der Waals surface area contributed by atoms with E-state index in [0.29, 0.717) is 20.7 Å². The lowest BCUT2D eigenvalue weighted by Crippen LogP contribution is -2.32. The van der Waals surface area contributed by atoms with E-state index in [1.807, 2.05) is 13.8 Å². The summed E-state index contributed by atoms with van der Waals surface area (Å²) in [5.74, 6) is -0.542. The smallest absolute Gasteiger partial charge is 0.274 e. The molecule has 33 heavy (non-hydrogen) atoms. The Hall–Kier alpha value is -3.12. The number of rotatable bonds is 1. The van der Waals surface area contributed by atoms with Gasteiger partial charge in [0.1, 0.15) is 32.4 Å². The van der Waals surface area contributed by atoms with E-state index >= 15 is 0 Å². The normalized spacial score (nSPS) is 21.8. The zero-order chi connectivity index (χ0) is 23.9. The molecular formula is C21H24N6O4S2. The van der Waals surface area contributed by atoms with Gasteiger partial charge < -0.3 is 20.4 Å². The van der Waals surface area contributed by atoms with Gasteiger partial charge in [-0.05, 0) is 26.7 Å². The minimum absolute atomic E-state index is 0.0131. The summed E-state index contributed by atoms with van der Waals surface area (Å²) in [6, 6.07) is -1.40. The first-order valence-corrected chi connectivity index (χ1v) is 12.1. The zero-order valence-electron chi connectivity index (χ0n) is 18.8. The van der Waals surface area contributed by atoms with Gasteiger partial charge in [-0.15, -0.1) is 22.7 Å². The molecule has 4 rings (SSSR count). The molecule has 3 aromatic rings. The van der Waals surface area contributed by atoms with Gasteiger partial charge in [-0.1, -0.05) is 13.8 Å². The van der Waals surface area contributed by atoms with E-state index in [0.717, 1.165) is 0 Å². The fraction of sp³-hybridized carbons (Fsp3) is 0.429. The van der Waals surface area contributed by atoms with Crippen LogP contribution in [0.2, 0.25) is 0 Å². The number of nitrogens with one attached hydrogen (secondary N) is 3. The van der Waals surface area contributed by atoms with Crippen LogP contribution < -0.4 is 16.0 Å². The summed E-state index contributed by atoms with van der Waals surface area (Å²) in [5, 5.41) is 11.5. The molecule has 10 nitrogen and oxygen atoms in total. The minimum atomic E-state index is -0.582. The fourth-order valence-electron chi connectivity index (χ4n) is 3.32.